The van der Waals surface area contributed by atoms with E-state index in [4.69, 9.17) is 9.84 Å². The van der Waals surface area contributed by atoms with Crippen molar-refractivity contribution in [2.75, 3.05) is 26.4 Å². The highest BCUT2D eigenvalue weighted by Gasteiger charge is 2.50. The van der Waals surface area contributed by atoms with Gasteiger partial charge in [-0.2, -0.15) is 0 Å². The number of carbonyl (C=O) groups is 1. The van der Waals surface area contributed by atoms with Gasteiger partial charge in [0, 0.05) is 13.2 Å². The van der Waals surface area contributed by atoms with Crippen molar-refractivity contribution in [2.45, 2.75) is 82.1 Å². The van der Waals surface area contributed by atoms with Gasteiger partial charge in [0.2, 0.25) is 5.91 Å². The Morgan fingerprint density at radius 3 is 2.20 bits per heavy atom. The van der Waals surface area contributed by atoms with E-state index in [0.29, 0.717) is 12.0 Å². The van der Waals surface area contributed by atoms with E-state index in [1.807, 2.05) is 0 Å². The van der Waals surface area contributed by atoms with Crippen LogP contribution in [0.15, 0.2) is 0 Å². The molecule has 1 amide bonds. The Balaban J connectivity index is 0.00000256. The third-order valence-electron chi connectivity index (χ3n) is 7.81. The fraction of sp³-hybridized carbons (Fsp3) is 0.955. The van der Waals surface area contributed by atoms with E-state index >= 15 is 0 Å². The van der Waals surface area contributed by atoms with Crippen molar-refractivity contribution in [1.29, 1.82) is 0 Å². The molecule has 1 heterocycles. The first-order valence-electron chi connectivity index (χ1n) is 11.6. The lowest BCUT2D eigenvalue weighted by Crippen LogP contribution is -2.48. The van der Waals surface area contributed by atoms with Gasteiger partial charge >= 0.3 is 0 Å². The average molecular weight is 447 g/mol. The molecular weight excluding hydrogens is 408 g/mol. The molecule has 5 rings (SSSR count). The number of nitrogens with one attached hydrogen (secondary N) is 2. The van der Waals surface area contributed by atoms with Gasteiger partial charge in [-0.05, 0) is 81.0 Å². The minimum Gasteiger partial charge on any atom is -0.395 e. The molecule has 7 nitrogen and oxygen atoms in total. The Morgan fingerprint density at radius 1 is 1.00 bits per heavy atom. The van der Waals surface area contributed by atoms with Crippen molar-refractivity contribution in [2.24, 2.45) is 23.2 Å². The smallest absolute Gasteiger partial charge is 0.239 e. The van der Waals surface area contributed by atoms with Crippen LogP contribution in [0.25, 0.3) is 0 Å². The zero-order chi connectivity index (χ0) is 20.4. The zero-order valence-electron chi connectivity index (χ0n) is 17.8. The number of amides is 1. The summed E-state index contributed by atoms with van der Waals surface area (Å²) < 4.78 is 6.10. The summed E-state index contributed by atoms with van der Waals surface area (Å²) in [5, 5.41) is 34.4. The molecule has 4 saturated carbocycles. The number of aliphatic hydroxyl groups is 3. The number of halogens is 1. The van der Waals surface area contributed by atoms with Crippen molar-refractivity contribution in [3.8, 4) is 0 Å². The van der Waals surface area contributed by atoms with Crippen LogP contribution >= 0.6 is 12.4 Å². The van der Waals surface area contributed by atoms with Crippen LogP contribution in [0, 0.1) is 23.2 Å². The predicted octanol–water partition coefficient (Wildman–Crippen LogP) is 0.982. The van der Waals surface area contributed by atoms with Gasteiger partial charge in [-0.25, -0.2) is 0 Å². The SMILES string of the molecule is Cl.O=C(NCCCCCOCC12CC3CC(CC(C3)C1)C2)[C@@H]1N[C@@H](CO)[C@H](O)[C@H]1O. The van der Waals surface area contributed by atoms with E-state index in [2.05, 4.69) is 10.6 Å². The van der Waals surface area contributed by atoms with Gasteiger partial charge in [0.15, 0.2) is 0 Å². The molecule has 0 aromatic carbocycles. The fourth-order valence-electron chi connectivity index (χ4n) is 6.84. The predicted molar refractivity (Wildman–Crippen MR) is 115 cm³/mol. The van der Waals surface area contributed by atoms with Crippen molar-refractivity contribution in [1.82, 2.24) is 10.6 Å². The van der Waals surface area contributed by atoms with Crippen LogP contribution in [-0.2, 0) is 9.53 Å². The molecule has 4 bridgehead atoms. The highest BCUT2D eigenvalue weighted by atomic mass is 35.5. The quantitative estimate of drug-likeness (QED) is 0.320. The van der Waals surface area contributed by atoms with E-state index in [1.54, 1.807) is 0 Å². The lowest BCUT2D eigenvalue weighted by molar-refractivity contribution is -0.125. The maximum absolute atomic E-state index is 12.2. The summed E-state index contributed by atoms with van der Waals surface area (Å²) in [5.41, 5.74) is 0.481. The lowest BCUT2D eigenvalue weighted by atomic mass is 9.50. The Morgan fingerprint density at radius 2 is 1.63 bits per heavy atom. The first kappa shape index (κ1) is 24.2. The van der Waals surface area contributed by atoms with Crippen LogP contribution in [0.2, 0.25) is 0 Å². The van der Waals surface area contributed by atoms with Gasteiger partial charge in [0.25, 0.3) is 0 Å². The lowest BCUT2D eigenvalue weighted by Gasteiger charge is -2.56. The second-order valence-corrected chi connectivity index (χ2v) is 10.2. The Hall–Kier alpha value is -0.440. The van der Waals surface area contributed by atoms with Gasteiger partial charge in [-0.15, -0.1) is 12.4 Å². The summed E-state index contributed by atoms with van der Waals surface area (Å²) in [6.07, 6.45) is 9.11. The molecule has 0 unspecified atom stereocenters. The van der Waals surface area contributed by atoms with Crippen molar-refractivity contribution >= 4 is 18.3 Å². The summed E-state index contributed by atoms with van der Waals surface area (Å²) in [6.45, 7) is 1.96. The maximum Gasteiger partial charge on any atom is 0.239 e. The molecule has 30 heavy (non-hydrogen) atoms. The number of hydrogen-bond donors (Lipinski definition) is 5. The summed E-state index contributed by atoms with van der Waals surface area (Å²) in [6, 6.07) is -1.53. The van der Waals surface area contributed by atoms with Crippen LogP contribution < -0.4 is 10.6 Å². The molecule has 174 valence electrons. The molecular formula is C22H39ClN2O5. The molecule has 0 aromatic rings. The second-order valence-electron chi connectivity index (χ2n) is 10.2. The van der Waals surface area contributed by atoms with Crippen LogP contribution in [0.3, 0.4) is 0 Å². The molecule has 1 aliphatic heterocycles. The topological polar surface area (TPSA) is 111 Å². The number of ether oxygens (including phenoxy) is 1. The van der Waals surface area contributed by atoms with Gasteiger partial charge in [-0.1, -0.05) is 0 Å². The maximum atomic E-state index is 12.2. The van der Waals surface area contributed by atoms with E-state index in [0.717, 1.165) is 50.2 Å². The van der Waals surface area contributed by atoms with Gasteiger partial charge in [0.05, 0.1) is 25.4 Å². The monoisotopic (exact) mass is 446 g/mol. The second kappa shape index (κ2) is 10.5. The van der Waals surface area contributed by atoms with Crippen molar-refractivity contribution < 1.29 is 24.9 Å². The number of unbranched alkanes of at least 4 members (excludes halogenated alkanes) is 2. The highest BCUT2D eigenvalue weighted by molar-refractivity contribution is 5.85. The Bertz CT molecular complexity index is 542. The van der Waals surface area contributed by atoms with Crippen molar-refractivity contribution in [3.05, 3.63) is 0 Å². The molecule has 0 aromatic heterocycles. The third kappa shape index (κ3) is 5.30. The average Bonchev–Trinajstić information content (AvgIpc) is 2.97. The van der Waals surface area contributed by atoms with Crippen LogP contribution in [0.1, 0.15) is 57.8 Å². The van der Waals surface area contributed by atoms with E-state index < -0.39 is 24.3 Å². The minimum absolute atomic E-state index is 0. The summed E-state index contributed by atoms with van der Waals surface area (Å²) >= 11 is 0. The Kier molecular flexibility index (Phi) is 8.43. The van der Waals surface area contributed by atoms with Crippen molar-refractivity contribution in [3.63, 3.8) is 0 Å². The number of aliphatic hydroxyl groups excluding tert-OH is 3. The number of carbonyl (C=O) groups excluding carboxylic acids is 1. The molecule has 1 saturated heterocycles. The van der Waals surface area contributed by atoms with E-state index in [1.165, 1.54) is 38.5 Å². The first-order valence-corrected chi connectivity index (χ1v) is 11.6. The molecule has 4 atom stereocenters. The third-order valence-corrected chi connectivity index (χ3v) is 7.81. The molecule has 5 N–H and O–H groups in total. The fourth-order valence-corrected chi connectivity index (χ4v) is 6.84. The highest BCUT2D eigenvalue weighted by Crippen LogP contribution is 2.60. The molecule has 0 radical (unpaired) electrons. The first-order chi connectivity index (χ1) is 14.0. The largest absolute Gasteiger partial charge is 0.395 e. The van der Waals surface area contributed by atoms with Crippen LogP contribution in [0.5, 0.6) is 0 Å². The standard InChI is InChI=1S/C22H38N2O5.ClH/c25-12-17-19(26)20(27)18(24-17)21(28)23-4-2-1-3-5-29-13-22-9-14-6-15(10-22)8-16(7-14)11-22;/h14-20,24-27H,1-13H2,(H,23,28);1H/t14?,15?,16?,17-,18+,19-,20-,22?;/m0./s1. The normalized spacial score (nSPS) is 41.6. The van der Waals surface area contributed by atoms with E-state index in [-0.39, 0.29) is 24.9 Å². The van der Waals surface area contributed by atoms with Gasteiger partial charge in [0.1, 0.15) is 12.1 Å². The number of rotatable bonds is 10. The van der Waals surface area contributed by atoms with Crippen LogP contribution in [-0.4, -0.2) is 71.9 Å². The summed E-state index contributed by atoms with van der Waals surface area (Å²) in [5.74, 6) is 2.57. The van der Waals surface area contributed by atoms with Gasteiger partial charge in [-0.3, -0.25) is 10.1 Å². The molecule has 8 heteroatoms. The molecule has 4 aliphatic carbocycles. The van der Waals surface area contributed by atoms with E-state index in [9.17, 15) is 15.0 Å². The molecule has 5 aliphatic rings. The number of hydrogen-bond acceptors (Lipinski definition) is 6. The zero-order valence-corrected chi connectivity index (χ0v) is 18.6. The Labute approximate surface area is 185 Å². The van der Waals surface area contributed by atoms with Gasteiger partial charge < -0.3 is 25.4 Å². The summed E-state index contributed by atoms with van der Waals surface area (Å²) in [7, 11) is 0. The molecule has 5 fully saturated rings. The summed E-state index contributed by atoms with van der Waals surface area (Å²) in [4.78, 5) is 12.2. The minimum atomic E-state index is -1.19. The van der Waals surface area contributed by atoms with Crippen LogP contribution in [0.4, 0.5) is 0 Å². The molecule has 0 spiro atoms.